The lowest BCUT2D eigenvalue weighted by Crippen LogP contribution is -2.30. The summed E-state index contributed by atoms with van der Waals surface area (Å²) in [7, 11) is 1.84. The molecule has 6 heteroatoms. The monoisotopic (exact) mass is 347 g/mol. The van der Waals surface area contributed by atoms with Crippen LogP contribution in [0.2, 0.25) is 10.0 Å². The number of anilines is 1. The Balaban J connectivity index is 1.95. The van der Waals surface area contributed by atoms with Gasteiger partial charge in [-0.3, -0.25) is 9.69 Å². The summed E-state index contributed by atoms with van der Waals surface area (Å²) in [6.07, 6.45) is 0. The van der Waals surface area contributed by atoms with E-state index < -0.39 is 0 Å². The van der Waals surface area contributed by atoms with Gasteiger partial charge in [-0.1, -0.05) is 35.3 Å². The summed E-state index contributed by atoms with van der Waals surface area (Å²) < 4.78 is 0. The first-order chi connectivity index (χ1) is 11.0. The van der Waals surface area contributed by atoms with Crippen molar-refractivity contribution >= 4 is 34.8 Å². The van der Waals surface area contributed by atoms with Crippen LogP contribution >= 0.6 is 23.2 Å². The van der Waals surface area contributed by atoms with Gasteiger partial charge in [0.1, 0.15) is 6.07 Å². The Labute approximate surface area is 145 Å². The average Bonchev–Trinajstić information content (AvgIpc) is 2.49. The number of carbonyl (C=O) groups is 1. The van der Waals surface area contributed by atoms with Gasteiger partial charge in [0.2, 0.25) is 5.91 Å². The van der Waals surface area contributed by atoms with E-state index in [4.69, 9.17) is 28.5 Å². The first-order valence-electron chi connectivity index (χ1n) is 6.90. The smallest absolute Gasteiger partial charge is 0.238 e. The number of likely N-dealkylation sites (N-methyl/N-ethyl adjacent to an activating group) is 1. The van der Waals surface area contributed by atoms with Crippen LogP contribution in [0.4, 0.5) is 5.69 Å². The number of halogens is 2. The first kappa shape index (κ1) is 17.3. The van der Waals surface area contributed by atoms with Crippen molar-refractivity contribution < 1.29 is 4.79 Å². The van der Waals surface area contributed by atoms with Crippen LogP contribution < -0.4 is 5.32 Å². The summed E-state index contributed by atoms with van der Waals surface area (Å²) in [5, 5.41) is 12.9. The van der Waals surface area contributed by atoms with Gasteiger partial charge in [-0.25, -0.2) is 0 Å². The zero-order chi connectivity index (χ0) is 16.8. The Morgan fingerprint density at radius 3 is 2.48 bits per heavy atom. The third kappa shape index (κ3) is 5.26. The lowest BCUT2D eigenvalue weighted by molar-refractivity contribution is -0.117. The highest BCUT2D eigenvalue weighted by Crippen LogP contribution is 2.20. The SMILES string of the molecule is CN(CC(=O)Nc1cc(Cl)ccc1C#N)Cc1ccc(Cl)cc1. The lowest BCUT2D eigenvalue weighted by atomic mass is 10.2. The molecule has 0 radical (unpaired) electrons. The highest BCUT2D eigenvalue weighted by Gasteiger charge is 2.10. The number of amides is 1. The zero-order valence-corrected chi connectivity index (χ0v) is 14.0. The first-order valence-corrected chi connectivity index (χ1v) is 7.66. The van der Waals surface area contributed by atoms with Crippen molar-refractivity contribution in [3.63, 3.8) is 0 Å². The highest BCUT2D eigenvalue weighted by atomic mass is 35.5. The van der Waals surface area contributed by atoms with E-state index in [1.165, 1.54) is 0 Å². The molecule has 0 bridgehead atoms. The summed E-state index contributed by atoms with van der Waals surface area (Å²) in [4.78, 5) is 14.0. The minimum Gasteiger partial charge on any atom is -0.324 e. The molecule has 0 aliphatic rings. The minimum absolute atomic E-state index is 0.194. The van der Waals surface area contributed by atoms with Gasteiger partial charge in [-0.2, -0.15) is 5.26 Å². The van der Waals surface area contributed by atoms with Crippen molar-refractivity contribution in [1.29, 1.82) is 5.26 Å². The molecule has 0 fully saturated rings. The van der Waals surface area contributed by atoms with Gasteiger partial charge < -0.3 is 5.32 Å². The maximum atomic E-state index is 12.1. The van der Waals surface area contributed by atoms with Crippen molar-refractivity contribution in [3.8, 4) is 6.07 Å². The molecule has 0 aromatic heterocycles. The van der Waals surface area contributed by atoms with Crippen LogP contribution in [0, 0.1) is 11.3 Å². The van der Waals surface area contributed by atoms with E-state index in [0.717, 1.165) is 5.56 Å². The summed E-state index contributed by atoms with van der Waals surface area (Å²) in [5.41, 5.74) is 1.86. The van der Waals surface area contributed by atoms with E-state index in [9.17, 15) is 4.79 Å². The number of benzene rings is 2. The highest BCUT2D eigenvalue weighted by molar-refractivity contribution is 6.31. The summed E-state index contributed by atoms with van der Waals surface area (Å²) in [6.45, 7) is 0.811. The third-order valence-corrected chi connectivity index (χ3v) is 3.64. The van der Waals surface area contributed by atoms with Crippen molar-refractivity contribution in [1.82, 2.24) is 4.90 Å². The third-order valence-electron chi connectivity index (χ3n) is 3.16. The molecule has 0 atom stereocenters. The number of nitrogens with one attached hydrogen (secondary N) is 1. The van der Waals surface area contributed by atoms with Gasteiger partial charge >= 0.3 is 0 Å². The summed E-state index contributed by atoms with van der Waals surface area (Å²) in [5.74, 6) is -0.208. The van der Waals surface area contributed by atoms with Gasteiger partial charge in [0.25, 0.3) is 0 Å². The van der Waals surface area contributed by atoms with Crippen molar-refractivity contribution in [2.75, 3.05) is 18.9 Å². The Morgan fingerprint density at radius 1 is 1.17 bits per heavy atom. The van der Waals surface area contributed by atoms with Gasteiger partial charge in [-0.05, 0) is 42.9 Å². The van der Waals surface area contributed by atoms with E-state index in [1.807, 2.05) is 42.3 Å². The molecule has 2 aromatic carbocycles. The summed E-state index contributed by atoms with van der Waals surface area (Å²) >= 11 is 11.8. The molecule has 0 unspecified atom stereocenters. The fourth-order valence-corrected chi connectivity index (χ4v) is 2.41. The topological polar surface area (TPSA) is 56.1 Å². The van der Waals surface area contributed by atoms with Crippen molar-refractivity contribution in [3.05, 3.63) is 63.6 Å². The van der Waals surface area contributed by atoms with Crippen LogP contribution in [0.1, 0.15) is 11.1 Å². The molecule has 4 nitrogen and oxygen atoms in total. The quantitative estimate of drug-likeness (QED) is 0.891. The molecule has 0 saturated heterocycles. The normalized spacial score (nSPS) is 10.4. The molecular formula is C17H15Cl2N3O. The predicted molar refractivity (Wildman–Crippen MR) is 92.6 cm³/mol. The van der Waals surface area contributed by atoms with Gasteiger partial charge in [0.05, 0.1) is 17.8 Å². The molecule has 1 amide bonds. The van der Waals surface area contributed by atoms with E-state index in [-0.39, 0.29) is 12.5 Å². The lowest BCUT2D eigenvalue weighted by Gasteiger charge is -2.17. The molecule has 0 saturated carbocycles. The van der Waals surface area contributed by atoms with Crippen LogP contribution in [-0.4, -0.2) is 24.4 Å². The Bertz CT molecular complexity index is 738. The van der Waals surface area contributed by atoms with Crippen molar-refractivity contribution in [2.45, 2.75) is 6.54 Å². The number of hydrogen-bond acceptors (Lipinski definition) is 3. The minimum atomic E-state index is -0.208. The molecule has 2 rings (SSSR count). The Hall–Kier alpha value is -2.06. The Morgan fingerprint density at radius 2 is 1.83 bits per heavy atom. The number of rotatable bonds is 5. The Kier molecular flexibility index (Phi) is 6.00. The standard InChI is InChI=1S/C17H15Cl2N3O/c1-22(10-12-2-5-14(18)6-3-12)11-17(23)21-16-8-15(19)7-4-13(16)9-20/h2-8H,10-11H2,1H3,(H,21,23). The number of carbonyl (C=O) groups excluding carboxylic acids is 1. The van der Waals surface area contributed by atoms with Crippen molar-refractivity contribution in [2.24, 2.45) is 0 Å². The van der Waals surface area contributed by atoms with E-state index >= 15 is 0 Å². The number of nitrogens with zero attached hydrogens (tertiary/aromatic N) is 2. The van der Waals surface area contributed by atoms with E-state index in [2.05, 4.69) is 5.32 Å². The molecular weight excluding hydrogens is 333 g/mol. The zero-order valence-electron chi connectivity index (χ0n) is 12.5. The van der Waals surface area contributed by atoms with Gasteiger partial charge in [-0.15, -0.1) is 0 Å². The molecule has 0 spiro atoms. The molecule has 1 N–H and O–H groups in total. The molecule has 0 aliphatic heterocycles. The van der Waals surface area contributed by atoms with Crippen LogP contribution in [0.15, 0.2) is 42.5 Å². The second-order valence-corrected chi connectivity index (χ2v) is 6.02. The van der Waals surface area contributed by atoms with Crippen LogP contribution in [0.5, 0.6) is 0 Å². The van der Waals surface area contributed by atoms with Crippen LogP contribution in [0.25, 0.3) is 0 Å². The molecule has 0 aliphatic carbocycles. The van der Waals surface area contributed by atoms with Gasteiger partial charge in [0.15, 0.2) is 0 Å². The largest absolute Gasteiger partial charge is 0.324 e. The maximum absolute atomic E-state index is 12.1. The van der Waals surface area contributed by atoms with Crippen LogP contribution in [-0.2, 0) is 11.3 Å². The fraction of sp³-hybridized carbons (Fsp3) is 0.176. The average molecular weight is 348 g/mol. The fourth-order valence-electron chi connectivity index (χ4n) is 2.11. The van der Waals surface area contributed by atoms with E-state index in [0.29, 0.717) is 27.8 Å². The van der Waals surface area contributed by atoms with E-state index in [1.54, 1.807) is 18.2 Å². The molecule has 0 heterocycles. The number of hydrogen-bond donors (Lipinski definition) is 1. The summed E-state index contributed by atoms with van der Waals surface area (Å²) in [6, 6.07) is 14.3. The van der Waals surface area contributed by atoms with Crippen LogP contribution in [0.3, 0.4) is 0 Å². The maximum Gasteiger partial charge on any atom is 0.238 e. The van der Waals surface area contributed by atoms with Gasteiger partial charge in [0, 0.05) is 16.6 Å². The number of nitriles is 1. The predicted octanol–water partition coefficient (Wildman–Crippen LogP) is 3.94. The second-order valence-electron chi connectivity index (χ2n) is 5.15. The molecule has 118 valence electrons. The molecule has 2 aromatic rings. The molecule has 23 heavy (non-hydrogen) atoms. The second kappa shape index (κ2) is 7.98.